The number of rotatable bonds is 7. The topological polar surface area (TPSA) is 67.8 Å². The van der Waals surface area contributed by atoms with E-state index < -0.39 is 6.04 Å². The van der Waals surface area contributed by atoms with E-state index in [4.69, 9.17) is 32.6 Å². The highest BCUT2D eigenvalue weighted by Gasteiger charge is 2.34. The zero-order valence-electron chi connectivity index (χ0n) is 21.5. The number of fused-ring (bicyclic) bond motifs is 1. The molecule has 39 heavy (non-hydrogen) atoms. The summed E-state index contributed by atoms with van der Waals surface area (Å²) in [6.45, 7) is 6.81. The normalized spacial score (nSPS) is 15.3. The van der Waals surface area contributed by atoms with Gasteiger partial charge in [-0.1, -0.05) is 58.4 Å². The van der Waals surface area contributed by atoms with Gasteiger partial charge in [0.25, 0.3) is 11.5 Å². The lowest BCUT2D eigenvalue weighted by Gasteiger charge is -2.29. The molecule has 1 atom stereocenters. The SMILES string of the molecule is CCN(CC)C(=O)C1=C(C)N=c2s/c(=C/c3ccc(Sc4ccc(Cl)cc4)o3)c(=O)n2[C@@H]1c1ccc(Cl)cc1. The van der Waals surface area contributed by atoms with E-state index in [9.17, 15) is 9.59 Å². The highest BCUT2D eigenvalue weighted by atomic mass is 35.5. The van der Waals surface area contributed by atoms with Crippen molar-refractivity contribution in [1.82, 2.24) is 9.47 Å². The van der Waals surface area contributed by atoms with Gasteiger partial charge in [-0.05, 0) is 74.9 Å². The first-order chi connectivity index (χ1) is 18.8. The molecule has 200 valence electrons. The van der Waals surface area contributed by atoms with Gasteiger partial charge in [0.15, 0.2) is 9.89 Å². The van der Waals surface area contributed by atoms with Crippen molar-refractivity contribution in [3.8, 4) is 0 Å². The Bertz CT molecular complexity index is 1730. The average Bonchev–Trinajstić information content (AvgIpc) is 3.49. The molecule has 10 heteroatoms. The first kappa shape index (κ1) is 27.5. The molecular weight excluding hydrogens is 573 g/mol. The van der Waals surface area contributed by atoms with E-state index in [1.165, 1.54) is 23.1 Å². The molecule has 0 fully saturated rings. The van der Waals surface area contributed by atoms with Gasteiger partial charge in [-0.25, -0.2) is 4.99 Å². The van der Waals surface area contributed by atoms with Crippen LogP contribution in [0.1, 0.15) is 38.1 Å². The molecule has 0 aliphatic carbocycles. The number of furan rings is 1. The summed E-state index contributed by atoms with van der Waals surface area (Å²) in [5.41, 5.74) is 1.63. The van der Waals surface area contributed by atoms with Crippen LogP contribution in [0.4, 0.5) is 0 Å². The monoisotopic (exact) mass is 597 g/mol. The van der Waals surface area contributed by atoms with Crippen molar-refractivity contribution < 1.29 is 9.21 Å². The number of thiazole rings is 1. The minimum atomic E-state index is -0.624. The van der Waals surface area contributed by atoms with Gasteiger partial charge in [0.1, 0.15) is 5.76 Å². The summed E-state index contributed by atoms with van der Waals surface area (Å²) < 4.78 is 8.06. The Balaban J connectivity index is 1.58. The molecule has 1 aliphatic rings. The maximum atomic E-state index is 13.8. The molecule has 0 saturated carbocycles. The summed E-state index contributed by atoms with van der Waals surface area (Å²) >= 11 is 14.9. The maximum Gasteiger partial charge on any atom is 0.271 e. The van der Waals surface area contributed by atoms with Crippen LogP contribution >= 0.6 is 46.3 Å². The average molecular weight is 599 g/mol. The van der Waals surface area contributed by atoms with Crippen molar-refractivity contribution >= 4 is 58.3 Å². The minimum Gasteiger partial charge on any atom is -0.450 e. The van der Waals surface area contributed by atoms with E-state index >= 15 is 0 Å². The van der Waals surface area contributed by atoms with Crippen molar-refractivity contribution in [2.45, 2.75) is 36.8 Å². The smallest absolute Gasteiger partial charge is 0.271 e. The van der Waals surface area contributed by atoms with Gasteiger partial charge in [-0.3, -0.25) is 14.2 Å². The molecule has 0 bridgehead atoms. The van der Waals surface area contributed by atoms with Gasteiger partial charge in [-0.2, -0.15) is 0 Å². The molecule has 1 amide bonds. The fraction of sp³-hybridized carbons (Fsp3) is 0.207. The van der Waals surface area contributed by atoms with Crippen molar-refractivity contribution in [3.05, 3.63) is 113 Å². The summed E-state index contributed by atoms with van der Waals surface area (Å²) in [4.78, 5) is 35.5. The zero-order chi connectivity index (χ0) is 27.7. The fourth-order valence-corrected chi connectivity index (χ4v) is 6.51. The van der Waals surface area contributed by atoms with Gasteiger partial charge >= 0.3 is 0 Å². The molecule has 1 aliphatic heterocycles. The second kappa shape index (κ2) is 11.6. The van der Waals surface area contributed by atoms with Crippen LogP contribution in [0.3, 0.4) is 0 Å². The number of carbonyl (C=O) groups excluding carboxylic acids is 1. The maximum absolute atomic E-state index is 13.8. The highest BCUT2D eigenvalue weighted by Crippen LogP contribution is 2.32. The minimum absolute atomic E-state index is 0.134. The number of carbonyl (C=O) groups is 1. The molecule has 6 nitrogen and oxygen atoms in total. The van der Waals surface area contributed by atoms with Gasteiger partial charge in [0, 0.05) is 34.1 Å². The summed E-state index contributed by atoms with van der Waals surface area (Å²) in [5.74, 6) is 0.417. The van der Waals surface area contributed by atoms with E-state index in [0.29, 0.717) is 54.6 Å². The molecule has 0 N–H and O–H groups in total. The van der Waals surface area contributed by atoms with Crippen LogP contribution in [-0.2, 0) is 4.79 Å². The third-order valence-electron chi connectivity index (χ3n) is 6.40. The molecule has 4 aromatic rings. The Morgan fingerprint density at radius 1 is 1.05 bits per heavy atom. The Labute approximate surface area is 243 Å². The molecule has 0 unspecified atom stereocenters. The number of aromatic nitrogens is 1. The number of benzene rings is 2. The van der Waals surface area contributed by atoms with Crippen LogP contribution in [0.25, 0.3) is 6.08 Å². The van der Waals surface area contributed by atoms with E-state index in [0.717, 1.165) is 10.5 Å². The number of amides is 1. The van der Waals surface area contributed by atoms with Crippen molar-refractivity contribution in [2.24, 2.45) is 4.99 Å². The third kappa shape index (κ3) is 5.65. The summed E-state index contributed by atoms with van der Waals surface area (Å²) in [6, 6.07) is 17.8. The molecule has 2 aromatic heterocycles. The molecule has 5 rings (SSSR count). The van der Waals surface area contributed by atoms with Crippen molar-refractivity contribution in [2.75, 3.05) is 13.1 Å². The highest BCUT2D eigenvalue weighted by molar-refractivity contribution is 7.99. The number of hydrogen-bond acceptors (Lipinski definition) is 6. The van der Waals surface area contributed by atoms with E-state index in [-0.39, 0.29) is 11.5 Å². The fourth-order valence-electron chi connectivity index (χ4n) is 4.45. The van der Waals surface area contributed by atoms with E-state index in [2.05, 4.69) is 0 Å². The van der Waals surface area contributed by atoms with Gasteiger partial charge in [-0.15, -0.1) is 0 Å². The predicted octanol–water partition coefficient (Wildman–Crippen LogP) is 6.15. The summed E-state index contributed by atoms with van der Waals surface area (Å²) in [7, 11) is 0. The second-order valence-corrected chi connectivity index (χ2v) is 11.8. The van der Waals surface area contributed by atoms with Crippen molar-refractivity contribution in [3.63, 3.8) is 0 Å². The lowest BCUT2D eigenvalue weighted by atomic mass is 9.94. The van der Waals surface area contributed by atoms with Crippen LogP contribution in [0.5, 0.6) is 0 Å². The molecule has 0 spiro atoms. The van der Waals surface area contributed by atoms with Crippen LogP contribution in [-0.4, -0.2) is 28.5 Å². The number of likely N-dealkylation sites (N-methyl/N-ethyl adjacent to an activating group) is 1. The molecule has 2 aromatic carbocycles. The molecule has 0 saturated heterocycles. The number of nitrogens with zero attached hydrogens (tertiary/aromatic N) is 3. The van der Waals surface area contributed by atoms with Gasteiger partial charge in [0.05, 0.1) is 21.8 Å². The van der Waals surface area contributed by atoms with Crippen LogP contribution in [0, 0.1) is 0 Å². The van der Waals surface area contributed by atoms with Gasteiger partial charge in [0.2, 0.25) is 0 Å². The van der Waals surface area contributed by atoms with Crippen LogP contribution in [0.2, 0.25) is 10.0 Å². The van der Waals surface area contributed by atoms with E-state index in [1.54, 1.807) is 27.7 Å². The number of hydrogen-bond donors (Lipinski definition) is 0. The van der Waals surface area contributed by atoms with Crippen LogP contribution in [0.15, 0.2) is 96.1 Å². The molecule has 3 heterocycles. The second-order valence-electron chi connectivity index (χ2n) is 8.82. The van der Waals surface area contributed by atoms with Gasteiger partial charge < -0.3 is 9.32 Å². The van der Waals surface area contributed by atoms with Crippen LogP contribution < -0.4 is 14.9 Å². The first-order valence-electron chi connectivity index (χ1n) is 12.4. The summed E-state index contributed by atoms with van der Waals surface area (Å²) in [6.07, 6.45) is 1.72. The number of allylic oxidation sites excluding steroid dienone is 1. The van der Waals surface area contributed by atoms with Crippen molar-refractivity contribution in [1.29, 1.82) is 0 Å². The lowest BCUT2D eigenvalue weighted by Crippen LogP contribution is -2.43. The Morgan fingerprint density at radius 3 is 2.33 bits per heavy atom. The quantitative estimate of drug-likeness (QED) is 0.256. The standard InChI is InChI=1S/C29H25Cl2N3O3S2/c1-4-33(5-2)28(36)25-17(3)32-29-34(26(25)18-6-8-19(30)9-7-18)27(35)23(39-29)16-21-12-15-24(37-21)38-22-13-10-20(31)11-14-22/h6-16,26H,4-5H2,1-3H3/b23-16+/t26-/m1/s1. The molecule has 0 radical (unpaired) electrons. The molecular formula is C29H25Cl2N3O3S2. The first-order valence-corrected chi connectivity index (χ1v) is 14.8. The third-order valence-corrected chi connectivity index (χ3v) is 8.81. The Kier molecular flexibility index (Phi) is 8.19. The lowest BCUT2D eigenvalue weighted by molar-refractivity contribution is -0.127. The zero-order valence-corrected chi connectivity index (χ0v) is 24.6. The predicted molar refractivity (Wildman–Crippen MR) is 157 cm³/mol. The summed E-state index contributed by atoms with van der Waals surface area (Å²) in [5, 5.41) is 1.94. The van der Waals surface area contributed by atoms with E-state index in [1.807, 2.05) is 69.3 Å². The number of halogens is 2. The Morgan fingerprint density at radius 2 is 1.69 bits per heavy atom. The Hall–Kier alpha value is -3.04. The largest absolute Gasteiger partial charge is 0.450 e.